The Morgan fingerprint density at radius 3 is 2.92 bits per heavy atom. The first-order chi connectivity index (χ1) is 5.79. The number of hydrogen-bond acceptors (Lipinski definition) is 1. The highest BCUT2D eigenvalue weighted by molar-refractivity contribution is 7.80. The third-order valence-corrected chi connectivity index (χ3v) is 2.49. The maximum atomic E-state index is 5.16. The average molecular weight is 177 g/mol. The Morgan fingerprint density at radius 1 is 1.42 bits per heavy atom. The van der Waals surface area contributed by atoms with Crippen molar-refractivity contribution in [3.63, 3.8) is 0 Å². The van der Waals surface area contributed by atoms with Crippen molar-refractivity contribution < 1.29 is 0 Å². The minimum atomic E-state index is 0.972. The fraction of sp³-hybridized carbons (Fsp3) is 0.300. The third kappa shape index (κ3) is 1.12. The van der Waals surface area contributed by atoms with Crippen LogP contribution < -0.4 is 4.90 Å². The lowest BCUT2D eigenvalue weighted by molar-refractivity contribution is 1.03. The number of para-hydroxylation sites is 1. The van der Waals surface area contributed by atoms with E-state index < -0.39 is 0 Å². The minimum absolute atomic E-state index is 0.972. The van der Waals surface area contributed by atoms with Crippen molar-refractivity contribution in [1.29, 1.82) is 0 Å². The maximum absolute atomic E-state index is 5.16. The molecule has 0 bridgehead atoms. The van der Waals surface area contributed by atoms with Crippen LogP contribution in [0.1, 0.15) is 12.5 Å². The molecule has 0 aliphatic carbocycles. The van der Waals surface area contributed by atoms with Crippen LogP contribution in [0.2, 0.25) is 0 Å². The smallest absolute Gasteiger partial charge is 0.0792 e. The zero-order chi connectivity index (χ0) is 8.55. The van der Waals surface area contributed by atoms with Crippen LogP contribution in [0.25, 0.3) is 0 Å². The Labute approximate surface area is 78.0 Å². The van der Waals surface area contributed by atoms with Crippen LogP contribution in [0.3, 0.4) is 0 Å². The summed E-state index contributed by atoms with van der Waals surface area (Å²) in [7, 11) is 0. The van der Waals surface area contributed by atoms with Gasteiger partial charge in [0.25, 0.3) is 0 Å². The Kier molecular flexibility index (Phi) is 1.85. The first-order valence-electron chi connectivity index (χ1n) is 4.15. The van der Waals surface area contributed by atoms with Gasteiger partial charge >= 0.3 is 0 Å². The van der Waals surface area contributed by atoms with Crippen molar-refractivity contribution >= 4 is 22.9 Å². The third-order valence-electron chi connectivity index (χ3n) is 2.27. The van der Waals surface area contributed by atoms with Gasteiger partial charge in [-0.15, -0.1) is 0 Å². The molecule has 0 spiro atoms. The first-order valence-corrected chi connectivity index (χ1v) is 4.56. The lowest BCUT2D eigenvalue weighted by Crippen LogP contribution is -2.24. The van der Waals surface area contributed by atoms with Gasteiger partial charge in [-0.25, -0.2) is 0 Å². The Bertz CT molecular complexity index is 319. The minimum Gasteiger partial charge on any atom is -0.336 e. The molecule has 12 heavy (non-hydrogen) atoms. The predicted octanol–water partition coefficient (Wildman–Crippen LogP) is 2.40. The van der Waals surface area contributed by atoms with E-state index in [2.05, 4.69) is 29.2 Å². The van der Waals surface area contributed by atoms with Gasteiger partial charge in [-0.05, 0) is 25.0 Å². The molecular weight excluding hydrogens is 166 g/mol. The highest BCUT2D eigenvalue weighted by Gasteiger charge is 2.18. The SMILES string of the molecule is CC(=S)N1CCc2ccccc21. The summed E-state index contributed by atoms with van der Waals surface area (Å²) in [5.74, 6) is 0. The van der Waals surface area contributed by atoms with Crippen molar-refractivity contribution in [3.05, 3.63) is 29.8 Å². The second kappa shape index (κ2) is 2.87. The highest BCUT2D eigenvalue weighted by atomic mass is 32.1. The highest BCUT2D eigenvalue weighted by Crippen LogP contribution is 2.27. The van der Waals surface area contributed by atoms with Gasteiger partial charge in [-0.2, -0.15) is 0 Å². The monoisotopic (exact) mass is 177 g/mol. The van der Waals surface area contributed by atoms with Gasteiger partial charge in [-0.3, -0.25) is 0 Å². The summed E-state index contributed by atoms with van der Waals surface area (Å²) >= 11 is 5.16. The molecule has 1 heterocycles. The summed E-state index contributed by atoms with van der Waals surface area (Å²) in [6.45, 7) is 3.03. The Balaban J connectivity index is 2.42. The number of nitrogens with zero attached hydrogens (tertiary/aromatic N) is 1. The number of fused-ring (bicyclic) bond motifs is 1. The number of benzene rings is 1. The molecule has 1 aliphatic rings. The molecule has 1 aromatic rings. The first kappa shape index (κ1) is 7.74. The molecule has 2 heteroatoms. The molecule has 0 amide bonds. The van der Waals surface area contributed by atoms with Gasteiger partial charge in [0.2, 0.25) is 0 Å². The van der Waals surface area contributed by atoms with Crippen molar-refractivity contribution in [2.75, 3.05) is 11.4 Å². The topological polar surface area (TPSA) is 3.24 Å². The van der Waals surface area contributed by atoms with Crippen LogP contribution in [0.15, 0.2) is 24.3 Å². The van der Waals surface area contributed by atoms with Gasteiger partial charge < -0.3 is 4.90 Å². The molecular formula is C10H11NS. The van der Waals surface area contributed by atoms with Crippen LogP contribution in [0.4, 0.5) is 5.69 Å². The van der Waals surface area contributed by atoms with E-state index in [0.717, 1.165) is 18.0 Å². The Morgan fingerprint density at radius 2 is 2.17 bits per heavy atom. The molecule has 0 saturated carbocycles. The zero-order valence-electron chi connectivity index (χ0n) is 7.08. The molecule has 0 fully saturated rings. The molecule has 0 N–H and O–H groups in total. The summed E-state index contributed by atoms with van der Waals surface area (Å²) in [5.41, 5.74) is 2.71. The van der Waals surface area contributed by atoms with Crippen LogP contribution in [0.5, 0.6) is 0 Å². The molecule has 1 nitrogen and oxygen atoms in total. The summed E-state index contributed by atoms with van der Waals surface area (Å²) in [6, 6.07) is 8.46. The van der Waals surface area contributed by atoms with Crippen LogP contribution in [-0.4, -0.2) is 11.5 Å². The molecule has 1 aliphatic heterocycles. The number of thiocarbonyl (C=S) groups is 1. The Hall–Kier alpha value is -0.890. The molecule has 0 atom stereocenters. The van der Waals surface area contributed by atoms with Gasteiger partial charge in [0.1, 0.15) is 0 Å². The van der Waals surface area contributed by atoms with Crippen molar-refractivity contribution in [2.45, 2.75) is 13.3 Å². The quantitative estimate of drug-likeness (QED) is 0.560. The van der Waals surface area contributed by atoms with E-state index in [1.807, 2.05) is 6.92 Å². The molecule has 0 radical (unpaired) electrons. The largest absolute Gasteiger partial charge is 0.336 e. The second-order valence-corrected chi connectivity index (χ2v) is 3.64. The lowest BCUT2D eigenvalue weighted by atomic mass is 10.2. The van der Waals surface area contributed by atoms with Crippen LogP contribution in [0, 0.1) is 0 Å². The average Bonchev–Trinajstić information content (AvgIpc) is 2.47. The van der Waals surface area contributed by atoms with Crippen LogP contribution in [-0.2, 0) is 6.42 Å². The van der Waals surface area contributed by atoms with E-state index in [4.69, 9.17) is 12.2 Å². The van der Waals surface area contributed by atoms with Gasteiger partial charge in [0, 0.05) is 12.2 Å². The lowest BCUT2D eigenvalue weighted by Gasteiger charge is -2.16. The van der Waals surface area contributed by atoms with E-state index in [1.165, 1.54) is 11.3 Å². The standard InChI is InChI=1S/C10H11NS/c1-8(12)11-7-6-9-4-2-3-5-10(9)11/h2-5H,6-7H2,1H3. The molecule has 62 valence electrons. The molecule has 0 aromatic heterocycles. The molecule has 1 aromatic carbocycles. The van der Waals surface area contributed by atoms with E-state index in [0.29, 0.717) is 0 Å². The molecule has 0 saturated heterocycles. The van der Waals surface area contributed by atoms with E-state index in [-0.39, 0.29) is 0 Å². The molecule has 2 rings (SSSR count). The summed E-state index contributed by atoms with van der Waals surface area (Å²) in [4.78, 5) is 3.17. The van der Waals surface area contributed by atoms with Gasteiger partial charge in [0.15, 0.2) is 0 Å². The summed E-state index contributed by atoms with van der Waals surface area (Å²) in [5, 5.41) is 0. The van der Waals surface area contributed by atoms with Crippen molar-refractivity contribution in [1.82, 2.24) is 0 Å². The fourth-order valence-corrected chi connectivity index (χ4v) is 1.85. The predicted molar refractivity (Wildman–Crippen MR) is 55.8 cm³/mol. The number of anilines is 1. The fourth-order valence-electron chi connectivity index (χ4n) is 1.67. The van der Waals surface area contributed by atoms with Gasteiger partial charge in [-0.1, -0.05) is 30.4 Å². The summed E-state index contributed by atoms with van der Waals surface area (Å²) < 4.78 is 0. The van der Waals surface area contributed by atoms with Crippen molar-refractivity contribution in [3.8, 4) is 0 Å². The van der Waals surface area contributed by atoms with Gasteiger partial charge in [0.05, 0.1) is 4.99 Å². The number of hydrogen-bond donors (Lipinski definition) is 0. The number of rotatable bonds is 0. The maximum Gasteiger partial charge on any atom is 0.0792 e. The van der Waals surface area contributed by atoms with E-state index in [9.17, 15) is 0 Å². The van der Waals surface area contributed by atoms with Crippen LogP contribution >= 0.6 is 12.2 Å². The zero-order valence-corrected chi connectivity index (χ0v) is 7.90. The second-order valence-electron chi connectivity index (χ2n) is 3.05. The summed E-state index contributed by atoms with van der Waals surface area (Å²) in [6.07, 6.45) is 1.13. The normalized spacial score (nSPS) is 14.6. The van der Waals surface area contributed by atoms with Crippen molar-refractivity contribution in [2.24, 2.45) is 0 Å². The van der Waals surface area contributed by atoms with E-state index >= 15 is 0 Å². The van der Waals surface area contributed by atoms with E-state index in [1.54, 1.807) is 0 Å². The molecule has 0 unspecified atom stereocenters.